The Morgan fingerprint density at radius 3 is 2.35 bits per heavy atom. The summed E-state index contributed by atoms with van der Waals surface area (Å²) in [6.07, 6.45) is 1.79. The predicted octanol–water partition coefficient (Wildman–Crippen LogP) is 5.45. The third-order valence-electron chi connectivity index (χ3n) is 4.92. The molecule has 0 atom stereocenters. The van der Waals surface area contributed by atoms with Gasteiger partial charge in [0.2, 0.25) is 0 Å². The number of rotatable bonds is 9. The van der Waals surface area contributed by atoms with E-state index in [1.165, 1.54) is 23.9 Å². The summed E-state index contributed by atoms with van der Waals surface area (Å²) in [6, 6.07) is 23.0. The highest BCUT2D eigenvalue weighted by molar-refractivity contribution is 8.26. The fourth-order valence-corrected chi connectivity index (χ4v) is 4.50. The van der Waals surface area contributed by atoms with Crippen LogP contribution in [0.2, 0.25) is 0 Å². The van der Waals surface area contributed by atoms with E-state index in [1.54, 1.807) is 23.1 Å². The number of thioether (sulfide) groups is 1. The van der Waals surface area contributed by atoms with E-state index in [-0.39, 0.29) is 24.8 Å². The molecule has 0 N–H and O–H groups in total. The zero-order chi connectivity index (χ0) is 23.9. The quantitative estimate of drug-likeness (QED) is 0.129. The highest BCUT2D eigenvalue weighted by Crippen LogP contribution is 2.35. The number of thiocarbonyl (C=S) groups is 1. The Balaban J connectivity index is 1.37. The summed E-state index contributed by atoms with van der Waals surface area (Å²) in [5, 5.41) is 10.7. The average Bonchev–Trinajstić information content (AvgIpc) is 3.11. The van der Waals surface area contributed by atoms with Gasteiger partial charge in [-0.2, -0.15) is 0 Å². The number of nitro benzene ring substituents is 1. The summed E-state index contributed by atoms with van der Waals surface area (Å²) in [5.41, 5.74) is 1.78. The van der Waals surface area contributed by atoms with Crippen LogP contribution in [0.5, 0.6) is 11.5 Å². The highest BCUT2D eigenvalue weighted by atomic mass is 32.2. The summed E-state index contributed by atoms with van der Waals surface area (Å²) in [4.78, 5) is 25.4. The van der Waals surface area contributed by atoms with Gasteiger partial charge in [-0.05, 0) is 29.8 Å². The minimum atomic E-state index is -0.459. The predicted molar refractivity (Wildman–Crippen MR) is 136 cm³/mol. The molecule has 3 aromatic rings. The molecule has 0 spiro atoms. The van der Waals surface area contributed by atoms with Crippen molar-refractivity contribution in [3.05, 3.63) is 105 Å². The van der Waals surface area contributed by atoms with Crippen molar-refractivity contribution in [3.63, 3.8) is 0 Å². The van der Waals surface area contributed by atoms with Gasteiger partial charge in [0.05, 0.1) is 16.4 Å². The summed E-state index contributed by atoms with van der Waals surface area (Å²) in [7, 11) is 0. The number of hydrogen-bond donors (Lipinski definition) is 0. The number of carbonyl (C=O) groups excluding carboxylic acids is 1. The molecule has 0 saturated carbocycles. The van der Waals surface area contributed by atoms with Gasteiger partial charge in [0.15, 0.2) is 0 Å². The fourth-order valence-electron chi connectivity index (χ4n) is 3.25. The van der Waals surface area contributed by atoms with Crippen LogP contribution in [0.1, 0.15) is 11.1 Å². The van der Waals surface area contributed by atoms with E-state index in [4.69, 9.17) is 21.7 Å². The van der Waals surface area contributed by atoms with Crippen LogP contribution in [0.3, 0.4) is 0 Å². The normalized spacial score (nSPS) is 14.5. The number of hydrogen-bond acceptors (Lipinski definition) is 7. The van der Waals surface area contributed by atoms with Crippen LogP contribution in [0.15, 0.2) is 83.8 Å². The number of non-ortho nitro benzene ring substituents is 1. The van der Waals surface area contributed by atoms with Crippen LogP contribution in [-0.2, 0) is 11.3 Å². The summed E-state index contributed by atoms with van der Waals surface area (Å²) in [5.74, 6) is 1.00. The molecule has 1 saturated heterocycles. The van der Waals surface area contributed by atoms with Crippen LogP contribution in [-0.4, -0.2) is 33.3 Å². The zero-order valence-corrected chi connectivity index (χ0v) is 19.6. The second-order valence-electron chi connectivity index (χ2n) is 7.24. The maximum absolute atomic E-state index is 13.0. The molecule has 0 unspecified atom stereocenters. The third-order valence-corrected chi connectivity index (χ3v) is 6.30. The number of carbonyl (C=O) groups is 1. The van der Waals surface area contributed by atoms with Crippen molar-refractivity contribution < 1.29 is 19.2 Å². The number of nitro groups is 1. The van der Waals surface area contributed by atoms with Crippen LogP contribution in [0, 0.1) is 10.1 Å². The summed E-state index contributed by atoms with van der Waals surface area (Å²) in [6.45, 7) is 0.948. The smallest absolute Gasteiger partial charge is 0.269 e. The van der Waals surface area contributed by atoms with Gasteiger partial charge in [0.25, 0.3) is 11.6 Å². The Kier molecular flexibility index (Phi) is 7.56. The molecule has 3 aromatic carbocycles. The molecule has 9 heteroatoms. The van der Waals surface area contributed by atoms with E-state index >= 15 is 0 Å². The Bertz CT molecular complexity index is 1230. The second-order valence-corrected chi connectivity index (χ2v) is 8.91. The number of ether oxygens (including phenoxy) is 2. The molecule has 1 fully saturated rings. The second kappa shape index (κ2) is 11.0. The number of amides is 1. The molecule has 172 valence electrons. The summed E-state index contributed by atoms with van der Waals surface area (Å²) < 4.78 is 12.0. The lowest BCUT2D eigenvalue weighted by molar-refractivity contribution is -0.384. The van der Waals surface area contributed by atoms with Crippen molar-refractivity contribution in [2.45, 2.75) is 6.54 Å². The van der Waals surface area contributed by atoms with Crippen molar-refractivity contribution in [2.75, 3.05) is 13.2 Å². The van der Waals surface area contributed by atoms with E-state index in [1.807, 2.05) is 54.6 Å². The van der Waals surface area contributed by atoms with Crippen molar-refractivity contribution >= 4 is 46.0 Å². The SMILES string of the molecule is O=C1/C(=C/c2ccccc2OCCOc2ccc([N+](=O)[O-])cc2)SC(=S)N1Cc1ccccc1. The maximum Gasteiger partial charge on any atom is 0.269 e. The fraction of sp³-hybridized carbons (Fsp3) is 0.120. The molecule has 0 bridgehead atoms. The molecule has 0 radical (unpaired) electrons. The van der Waals surface area contributed by atoms with E-state index in [0.717, 1.165) is 11.1 Å². The maximum atomic E-state index is 13.0. The molecule has 4 rings (SSSR count). The topological polar surface area (TPSA) is 81.9 Å². The molecule has 0 aliphatic carbocycles. The first-order chi connectivity index (χ1) is 16.5. The molecule has 1 amide bonds. The van der Waals surface area contributed by atoms with E-state index in [2.05, 4.69) is 0 Å². The molecule has 7 nitrogen and oxygen atoms in total. The standard InChI is InChI=1S/C25H20N2O5S2/c28-24-23(34-25(33)26(24)17-18-6-2-1-3-7-18)16-19-8-4-5-9-22(19)32-15-14-31-21-12-10-20(11-13-21)27(29)30/h1-13,16H,14-15,17H2/b23-16-. The Morgan fingerprint density at radius 2 is 1.62 bits per heavy atom. The molecule has 0 aromatic heterocycles. The zero-order valence-electron chi connectivity index (χ0n) is 18.0. The number of para-hydroxylation sites is 1. The minimum absolute atomic E-state index is 0.00621. The van der Waals surface area contributed by atoms with Gasteiger partial charge in [0, 0.05) is 17.7 Å². The molecule has 1 aliphatic heterocycles. The van der Waals surface area contributed by atoms with E-state index < -0.39 is 4.92 Å². The van der Waals surface area contributed by atoms with Gasteiger partial charge in [-0.15, -0.1) is 0 Å². The average molecular weight is 493 g/mol. The van der Waals surface area contributed by atoms with Crippen molar-refractivity contribution in [3.8, 4) is 11.5 Å². The van der Waals surface area contributed by atoms with E-state index in [0.29, 0.717) is 27.3 Å². The van der Waals surface area contributed by atoms with Gasteiger partial charge in [-0.25, -0.2) is 0 Å². The first kappa shape index (κ1) is 23.5. The van der Waals surface area contributed by atoms with Gasteiger partial charge in [-0.1, -0.05) is 72.5 Å². The minimum Gasteiger partial charge on any atom is -0.490 e. The van der Waals surface area contributed by atoms with Gasteiger partial charge < -0.3 is 9.47 Å². The highest BCUT2D eigenvalue weighted by Gasteiger charge is 2.32. The van der Waals surface area contributed by atoms with Gasteiger partial charge in [0.1, 0.15) is 29.0 Å². The lowest BCUT2D eigenvalue weighted by Gasteiger charge is -2.14. The number of nitrogens with zero attached hydrogens (tertiary/aromatic N) is 2. The third kappa shape index (κ3) is 5.81. The molecule has 1 heterocycles. The summed E-state index contributed by atoms with van der Waals surface area (Å²) >= 11 is 6.71. The van der Waals surface area contributed by atoms with Crippen LogP contribution in [0.4, 0.5) is 5.69 Å². The Labute approximate surface area is 206 Å². The van der Waals surface area contributed by atoms with Crippen LogP contribution in [0.25, 0.3) is 6.08 Å². The first-order valence-electron chi connectivity index (χ1n) is 10.4. The Hall–Kier alpha value is -3.69. The molecule has 1 aliphatic rings. The van der Waals surface area contributed by atoms with Gasteiger partial charge in [-0.3, -0.25) is 19.8 Å². The lowest BCUT2D eigenvalue weighted by atomic mass is 10.1. The molecular formula is C25H20N2O5S2. The number of benzene rings is 3. The largest absolute Gasteiger partial charge is 0.490 e. The van der Waals surface area contributed by atoms with Crippen molar-refractivity contribution in [2.24, 2.45) is 0 Å². The van der Waals surface area contributed by atoms with Crippen LogP contribution >= 0.6 is 24.0 Å². The molecular weight excluding hydrogens is 472 g/mol. The monoisotopic (exact) mass is 492 g/mol. The Morgan fingerprint density at radius 1 is 0.941 bits per heavy atom. The lowest BCUT2D eigenvalue weighted by Crippen LogP contribution is -2.27. The van der Waals surface area contributed by atoms with Crippen LogP contribution < -0.4 is 9.47 Å². The van der Waals surface area contributed by atoms with Crippen molar-refractivity contribution in [1.29, 1.82) is 0 Å². The first-order valence-corrected chi connectivity index (χ1v) is 11.6. The molecule has 34 heavy (non-hydrogen) atoms. The van der Waals surface area contributed by atoms with Crippen molar-refractivity contribution in [1.82, 2.24) is 4.90 Å². The van der Waals surface area contributed by atoms with Gasteiger partial charge >= 0.3 is 0 Å². The van der Waals surface area contributed by atoms with E-state index in [9.17, 15) is 14.9 Å².